The molecule has 0 aromatic heterocycles. The topological polar surface area (TPSA) is 38.7 Å². The van der Waals surface area contributed by atoms with Gasteiger partial charge in [0.05, 0.1) is 12.1 Å². The van der Waals surface area contributed by atoms with Crippen molar-refractivity contribution in [3.8, 4) is 0 Å². The summed E-state index contributed by atoms with van der Waals surface area (Å²) in [4.78, 5) is 15.4. The van der Waals surface area contributed by atoms with Crippen molar-refractivity contribution in [2.24, 2.45) is 5.16 Å². The van der Waals surface area contributed by atoms with E-state index in [1.807, 2.05) is 26.0 Å². The van der Waals surface area contributed by atoms with Crippen LogP contribution in [0.4, 0.5) is 0 Å². The first-order valence-electron chi connectivity index (χ1n) is 4.51. The van der Waals surface area contributed by atoms with Gasteiger partial charge in [-0.1, -0.05) is 28.9 Å². The van der Waals surface area contributed by atoms with Gasteiger partial charge in [0.25, 0.3) is 0 Å². The summed E-state index contributed by atoms with van der Waals surface area (Å²) < 4.78 is 0. The van der Waals surface area contributed by atoms with Crippen molar-refractivity contribution >= 4 is 11.7 Å². The lowest BCUT2D eigenvalue weighted by molar-refractivity contribution is -0.140. The quantitative estimate of drug-likeness (QED) is 0.633. The molecule has 0 saturated carbocycles. The minimum absolute atomic E-state index is 0.278. The highest BCUT2D eigenvalue weighted by molar-refractivity contribution is 6.12. The minimum atomic E-state index is -0.278. The lowest BCUT2D eigenvalue weighted by Crippen LogP contribution is -2.02. The van der Waals surface area contributed by atoms with Gasteiger partial charge in [0, 0.05) is 5.56 Å². The second kappa shape index (κ2) is 3.25. The van der Waals surface area contributed by atoms with Crippen LogP contribution in [0.1, 0.15) is 23.1 Å². The molecule has 1 aromatic carbocycles. The Morgan fingerprint density at radius 3 is 2.71 bits per heavy atom. The van der Waals surface area contributed by atoms with Gasteiger partial charge < -0.3 is 4.84 Å². The Balaban J connectivity index is 2.38. The van der Waals surface area contributed by atoms with Crippen LogP contribution in [-0.4, -0.2) is 11.7 Å². The number of oxime groups is 1. The van der Waals surface area contributed by atoms with Gasteiger partial charge >= 0.3 is 5.97 Å². The molecule has 1 aliphatic rings. The van der Waals surface area contributed by atoms with Crippen LogP contribution in [0, 0.1) is 13.8 Å². The number of aryl methyl sites for hydroxylation is 2. The predicted molar refractivity (Wildman–Crippen MR) is 53.2 cm³/mol. The van der Waals surface area contributed by atoms with Crippen molar-refractivity contribution in [3.05, 3.63) is 34.9 Å². The molecule has 14 heavy (non-hydrogen) atoms. The SMILES string of the molecule is Cc1ccc(C2=NOC(=O)C2)c(C)c1. The van der Waals surface area contributed by atoms with E-state index < -0.39 is 0 Å². The number of carbonyl (C=O) groups is 1. The van der Waals surface area contributed by atoms with Crippen LogP contribution in [0.15, 0.2) is 23.4 Å². The van der Waals surface area contributed by atoms with E-state index in [0.717, 1.165) is 16.8 Å². The maximum absolute atomic E-state index is 10.9. The van der Waals surface area contributed by atoms with E-state index in [-0.39, 0.29) is 12.4 Å². The van der Waals surface area contributed by atoms with Crippen molar-refractivity contribution in [2.45, 2.75) is 20.3 Å². The summed E-state index contributed by atoms with van der Waals surface area (Å²) in [6.07, 6.45) is 0.282. The first-order chi connectivity index (χ1) is 6.66. The highest BCUT2D eigenvalue weighted by Gasteiger charge is 2.19. The highest BCUT2D eigenvalue weighted by Crippen LogP contribution is 2.17. The summed E-state index contributed by atoms with van der Waals surface area (Å²) in [5.74, 6) is -0.278. The molecule has 0 unspecified atom stereocenters. The fourth-order valence-corrected chi connectivity index (χ4v) is 1.59. The van der Waals surface area contributed by atoms with E-state index >= 15 is 0 Å². The van der Waals surface area contributed by atoms with Crippen molar-refractivity contribution in [3.63, 3.8) is 0 Å². The number of carbonyl (C=O) groups excluding carboxylic acids is 1. The molecule has 0 N–H and O–H groups in total. The van der Waals surface area contributed by atoms with Gasteiger partial charge in [0.2, 0.25) is 0 Å². The molecule has 1 aromatic rings. The zero-order chi connectivity index (χ0) is 10.1. The Morgan fingerprint density at radius 1 is 1.36 bits per heavy atom. The van der Waals surface area contributed by atoms with E-state index in [0.29, 0.717) is 0 Å². The molecule has 0 saturated heterocycles. The van der Waals surface area contributed by atoms with Crippen molar-refractivity contribution in [2.75, 3.05) is 0 Å². The first-order valence-corrected chi connectivity index (χ1v) is 4.51. The average Bonchev–Trinajstić information content (AvgIpc) is 2.51. The molecule has 72 valence electrons. The third-order valence-corrected chi connectivity index (χ3v) is 2.26. The molecule has 3 heteroatoms. The second-order valence-electron chi connectivity index (χ2n) is 3.50. The third kappa shape index (κ3) is 1.53. The molecule has 0 aliphatic carbocycles. The minimum Gasteiger partial charge on any atom is -0.318 e. The molecular weight excluding hydrogens is 178 g/mol. The Hall–Kier alpha value is -1.64. The Morgan fingerprint density at radius 2 is 2.14 bits per heavy atom. The number of hydrogen-bond acceptors (Lipinski definition) is 3. The number of rotatable bonds is 1. The van der Waals surface area contributed by atoms with E-state index in [1.54, 1.807) is 0 Å². The number of benzene rings is 1. The summed E-state index contributed by atoms with van der Waals surface area (Å²) in [6.45, 7) is 4.04. The van der Waals surface area contributed by atoms with Crippen LogP contribution in [0.3, 0.4) is 0 Å². The highest BCUT2D eigenvalue weighted by atomic mass is 16.7. The zero-order valence-corrected chi connectivity index (χ0v) is 8.20. The normalized spacial score (nSPS) is 15.3. The summed E-state index contributed by atoms with van der Waals surface area (Å²) in [6, 6.07) is 6.06. The fraction of sp³-hybridized carbons (Fsp3) is 0.273. The smallest absolute Gasteiger partial charge is 0.318 e. The summed E-state index contributed by atoms with van der Waals surface area (Å²) in [5, 5.41) is 3.74. The van der Waals surface area contributed by atoms with Crippen molar-refractivity contribution in [1.29, 1.82) is 0 Å². The van der Waals surface area contributed by atoms with Gasteiger partial charge in [-0.05, 0) is 19.4 Å². The molecule has 0 fully saturated rings. The maximum Gasteiger partial charge on any atom is 0.341 e. The van der Waals surface area contributed by atoms with Gasteiger partial charge in [0.1, 0.15) is 0 Å². The second-order valence-corrected chi connectivity index (χ2v) is 3.50. The van der Waals surface area contributed by atoms with Crippen LogP contribution < -0.4 is 0 Å². The van der Waals surface area contributed by atoms with Crippen LogP contribution in [0.5, 0.6) is 0 Å². The lowest BCUT2D eigenvalue weighted by atomic mass is 10.0. The zero-order valence-electron chi connectivity index (χ0n) is 8.20. The molecule has 1 aliphatic heterocycles. The van der Waals surface area contributed by atoms with Crippen LogP contribution >= 0.6 is 0 Å². The van der Waals surface area contributed by atoms with Gasteiger partial charge in [-0.3, -0.25) is 0 Å². The van der Waals surface area contributed by atoms with E-state index in [1.165, 1.54) is 5.56 Å². The maximum atomic E-state index is 10.9. The van der Waals surface area contributed by atoms with Crippen LogP contribution in [0.2, 0.25) is 0 Å². The monoisotopic (exact) mass is 189 g/mol. The fourth-order valence-electron chi connectivity index (χ4n) is 1.59. The van der Waals surface area contributed by atoms with Gasteiger partial charge in [-0.25, -0.2) is 4.79 Å². The Bertz CT molecular complexity index is 421. The van der Waals surface area contributed by atoms with Crippen molar-refractivity contribution < 1.29 is 9.63 Å². The number of nitrogens with zero attached hydrogens (tertiary/aromatic N) is 1. The molecule has 0 amide bonds. The first kappa shape index (κ1) is 8.94. The van der Waals surface area contributed by atoms with Crippen molar-refractivity contribution in [1.82, 2.24) is 0 Å². The number of hydrogen-bond donors (Lipinski definition) is 0. The largest absolute Gasteiger partial charge is 0.341 e. The molecular formula is C11H11NO2. The molecule has 0 spiro atoms. The van der Waals surface area contributed by atoms with E-state index in [4.69, 9.17) is 0 Å². The lowest BCUT2D eigenvalue weighted by Gasteiger charge is -2.03. The molecule has 2 rings (SSSR count). The standard InChI is InChI=1S/C11H11NO2/c1-7-3-4-9(8(2)5-7)10-6-11(13)14-12-10/h3-5H,6H2,1-2H3. The predicted octanol–water partition coefficient (Wildman–Crippen LogP) is 1.95. The third-order valence-electron chi connectivity index (χ3n) is 2.26. The molecule has 1 heterocycles. The van der Waals surface area contributed by atoms with E-state index in [9.17, 15) is 4.79 Å². The Kier molecular flexibility index (Phi) is 2.08. The Labute approximate surface area is 82.4 Å². The van der Waals surface area contributed by atoms with Gasteiger partial charge in [-0.15, -0.1) is 0 Å². The molecule has 3 nitrogen and oxygen atoms in total. The van der Waals surface area contributed by atoms with Crippen LogP contribution in [-0.2, 0) is 9.63 Å². The van der Waals surface area contributed by atoms with Crippen LogP contribution in [0.25, 0.3) is 0 Å². The molecule has 0 radical (unpaired) electrons. The molecule has 0 bridgehead atoms. The molecule has 0 atom stereocenters. The van der Waals surface area contributed by atoms with Gasteiger partial charge in [0.15, 0.2) is 0 Å². The van der Waals surface area contributed by atoms with E-state index in [2.05, 4.69) is 16.1 Å². The summed E-state index contributed by atoms with van der Waals surface area (Å²) in [7, 11) is 0. The summed E-state index contributed by atoms with van der Waals surface area (Å²) >= 11 is 0. The van der Waals surface area contributed by atoms with Gasteiger partial charge in [-0.2, -0.15) is 0 Å². The average molecular weight is 189 g/mol. The summed E-state index contributed by atoms with van der Waals surface area (Å²) in [5.41, 5.74) is 4.06.